The number of likely N-dealkylation sites (tertiary alicyclic amines) is 1. The normalized spacial score (nSPS) is 22.8. The molecule has 2 aromatic rings. The van der Waals surface area contributed by atoms with E-state index in [9.17, 15) is 4.79 Å². The van der Waals surface area contributed by atoms with E-state index in [1.54, 1.807) is 10.7 Å². The Labute approximate surface area is 125 Å². The molecule has 2 aromatic heterocycles. The highest BCUT2D eigenvalue weighted by Crippen LogP contribution is 2.23. The van der Waals surface area contributed by atoms with Crippen LogP contribution in [0.1, 0.15) is 42.0 Å². The average Bonchev–Trinajstić information content (AvgIpc) is 2.79. The summed E-state index contributed by atoms with van der Waals surface area (Å²) in [5.41, 5.74) is 3.23. The van der Waals surface area contributed by atoms with Crippen molar-refractivity contribution in [3.63, 3.8) is 0 Å². The standard InChI is InChI=1S/C16H22N4O/c1-10-5-11(2)9-19(8-10)16(21)14-7-17-15-6-12(3)18-20(15)13(14)4/h6-7,10-11H,5,8-9H2,1-4H3/t10-,11+. The summed E-state index contributed by atoms with van der Waals surface area (Å²) in [6.45, 7) is 9.95. The highest BCUT2D eigenvalue weighted by atomic mass is 16.2. The first-order chi connectivity index (χ1) is 9.95. The van der Waals surface area contributed by atoms with Crippen molar-refractivity contribution in [2.75, 3.05) is 13.1 Å². The van der Waals surface area contributed by atoms with E-state index in [0.29, 0.717) is 17.4 Å². The van der Waals surface area contributed by atoms with Crippen LogP contribution in [0, 0.1) is 25.7 Å². The molecule has 0 aliphatic carbocycles. The minimum Gasteiger partial charge on any atom is -0.338 e. The number of nitrogens with zero attached hydrogens (tertiary/aromatic N) is 4. The number of rotatable bonds is 1. The fourth-order valence-electron chi connectivity index (χ4n) is 3.37. The molecule has 5 heteroatoms. The monoisotopic (exact) mass is 286 g/mol. The Morgan fingerprint density at radius 3 is 2.57 bits per heavy atom. The number of piperidine rings is 1. The second-order valence-electron chi connectivity index (χ2n) is 6.47. The fraction of sp³-hybridized carbons (Fsp3) is 0.562. The lowest BCUT2D eigenvalue weighted by molar-refractivity contribution is 0.0621. The van der Waals surface area contributed by atoms with E-state index in [-0.39, 0.29) is 5.91 Å². The third-order valence-corrected chi connectivity index (χ3v) is 4.23. The van der Waals surface area contributed by atoms with E-state index >= 15 is 0 Å². The smallest absolute Gasteiger partial charge is 0.257 e. The van der Waals surface area contributed by atoms with Gasteiger partial charge in [0.2, 0.25) is 0 Å². The molecule has 112 valence electrons. The van der Waals surface area contributed by atoms with Crippen molar-refractivity contribution in [2.24, 2.45) is 11.8 Å². The zero-order chi connectivity index (χ0) is 15.1. The molecule has 1 fully saturated rings. The molecular formula is C16H22N4O. The first-order valence-corrected chi connectivity index (χ1v) is 7.57. The van der Waals surface area contributed by atoms with Gasteiger partial charge in [0.05, 0.1) is 17.0 Å². The van der Waals surface area contributed by atoms with Gasteiger partial charge in [-0.05, 0) is 32.1 Å². The molecular weight excluding hydrogens is 264 g/mol. The van der Waals surface area contributed by atoms with Crippen molar-refractivity contribution in [1.82, 2.24) is 19.5 Å². The summed E-state index contributed by atoms with van der Waals surface area (Å²) in [6.07, 6.45) is 2.89. The van der Waals surface area contributed by atoms with Gasteiger partial charge in [-0.2, -0.15) is 5.10 Å². The van der Waals surface area contributed by atoms with Gasteiger partial charge in [0, 0.05) is 25.4 Å². The predicted octanol–water partition coefficient (Wildman–Crippen LogP) is 2.46. The quantitative estimate of drug-likeness (QED) is 0.809. The summed E-state index contributed by atoms with van der Waals surface area (Å²) in [5, 5.41) is 4.41. The molecule has 3 rings (SSSR count). The number of amides is 1. The van der Waals surface area contributed by atoms with E-state index in [2.05, 4.69) is 23.9 Å². The maximum atomic E-state index is 12.8. The number of aryl methyl sites for hydroxylation is 2. The zero-order valence-electron chi connectivity index (χ0n) is 13.1. The predicted molar refractivity (Wildman–Crippen MR) is 81.3 cm³/mol. The van der Waals surface area contributed by atoms with Gasteiger partial charge < -0.3 is 4.90 Å². The Balaban J connectivity index is 1.96. The molecule has 0 saturated carbocycles. The third-order valence-electron chi connectivity index (χ3n) is 4.23. The van der Waals surface area contributed by atoms with Crippen molar-refractivity contribution in [1.29, 1.82) is 0 Å². The maximum absolute atomic E-state index is 12.8. The third kappa shape index (κ3) is 2.52. The lowest BCUT2D eigenvalue weighted by Gasteiger charge is -2.35. The number of hydrogen-bond acceptors (Lipinski definition) is 3. The molecule has 1 aliphatic heterocycles. The number of hydrogen-bond donors (Lipinski definition) is 0. The van der Waals surface area contributed by atoms with E-state index in [1.807, 2.05) is 24.8 Å². The average molecular weight is 286 g/mol. The van der Waals surface area contributed by atoms with Crippen LogP contribution in [0.3, 0.4) is 0 Å². The maximum Gasteiger partial charge on any atom is 0.257 e. The van der Waals surface area contributed by atoms with Crippen LogP contribution in [-0.2, 0) is 0 Å². The Bertz CT molecular complexity index is 681. The van der Waals surface area contributed by atoms with Gasteiger partial charge in [0.1, 0.15) is 0 Å². The second kappa shape index (κ2) is 5.13. The van der Waals surface area contributed by atoms with Gasteiger partial charge in [-0.25, -0.2) is 9.50 Å². The molecule has 1 amide bonds. The lowest BCUT2D eigenvalue weighted by Crippen LogP contribution is -2.43. The molecule has 0 radical (unpaired) electrons. The zero-order valence-corrected chi connectivity index (χ0v) is 13.1. The van der Waals surface area contributed by atoms with Gasteiger partial charge in [-0.1, -0.05) is 13.8 Å². The minimum absolute atomic E-state index is 0.0773. The molecule has 2 atom stereocenters. The van der Waals surface area contributed by atoms with Crippen LogP contribution < -0.4 is 0 Å². The van der Waals surface area contributed by atoms with Crippen LogP contribution in [0.2, 0.25) is 0 Å². The second-order valence-corrected chi connectivity index (χ2v) is 6.47. The van der Waals surface area contributed by atoms with E-state index < -0.39 is 0 Å². The largest absolute Gasteiger partial charge is 0.338 e. The van der Waals surface area contributed by atoms with Gasteiger partial charge in [0.15, 0.2) is 5.65 Å². The summed E-state index contributed by atoms with van der Waals surface area (Å²) in [5.74, 6) is 1.19. The molecule has 1 aliphatic rings. The van der Waals surface area contributed by atoms with Crippen LogP contribution in [-0.4, -0.2) is 38.5 Å². The Morgan fingerprint density at radius 2 is 1.90 bits per heavy atom. The molecule has 21 heavy (non-hydrogen) atoms. The van der Waals surface area contributed by atoms with Crippen LogP contribution in [0.5, 0.6) is 0 Å². The van der Waals surface area contributed by atoms with Crippen LogP contribution in [0.15, 0.2) is 12.3 Å². The molecule has 3 heterocycles. The molecule has 0 spiro atoms. The topological polar surface area (TPSA) is 50.5 Å². The fourth-order valence-corrected chi connectivity index (χ4v) is 3.37. The summed E-state index contributed by atoms with van der Waals surface area (Å²) in [4.78, 5) is 19.1. The molecule has 0 aromatic carbocycles. The van der Waals surface area contributed by atoms with Gasteiger partial charge in [-0.3, -0.25) is 4.79 Å². The summed E-state index contributed by atoms with van der Waals surface area (Å²) in [6, 6.07) is 1.92. The van der Waals surface area contributed by atoms with Crippen LogP contribution in [0.25, 0.3) is 5.65 Å². The van der Waals surface area contributed by atoms with Crippen molar-refractivity contribution < 1.29 is 4.79 Å². The first-order valence-electron chi connectivity index (χ1n) is 7.57. The number of carbonyl (C=O) groups is 1. The molecule has 0 unspecified atom stereocenters. The minimum atomic E-state index is 0.0773. The Kier molecular flexibility index (Phi) is 3.43. The Morgan fingerprint density at radius 1 is 1.24 bits per heavy atom. The van der Waals surface area contributed by atoms with Crippen molar-refractivity contribution in [2.45, 2.75) is 34.1 Å². The van der Waals surface area contributed by atoms with Crippen LogP contribution >= 0.6 is 0 Å². The SMILES string of the molecule is Cc1cc2ncc(C(=O)N3C[C@H](C)C[C@H](C)C3)c(C)n2n1. The van der Waals surface area contributed by atoms with Crippen molar-refractivity contribution >= 4 is 11.6 Å². The highest BCUT2D eigenvalue weighted by molar-refractivity contribution is 5.95. The van der Waals surface area contributed by atoms with Gasteiger partial charge in [0.25, 0.3) is 5.91 Å². The van der Waals surface area contributed by atoms with Crippen molar-refractivity contribution in [3.05, 3.63) is 29.2 Å². The number of aromatic nitrogens is 3. The van der Waals surface area contributed by atoms with Crippen LogP contribution in [0.4, 0.5) is 0 Å². The van der Waals surface area contributed by atoms with Gasteiger partial charge >= 0.3 is 0 Å². The summed E-state index contributed by atoms with van der Waals surface area (Å²) >= 11 is 0. The molecule has 0 N–H and O–H groups in total. The number of carbonyl (C=O) groups excluding carboxylic acids is 1. The van der Waals surface area contributed by atoms with E-state index in [4.69, 9.17) is 0 Å². The molecule has 1 saturated heterocycles. The lowest BCUT2D eigenvalue weighted by atomic mass is 9.91. The summed E-state index contributed by atoms with van der Waals surface area (Å²) < 4.78 is 1.76. The Hall–Kier alpha value is -1.91. The van der Waals surface area contributed by atoms with Gasteiger partial charge in [-0.15, -0.1) is 0 Å². The number of fused-ring (bicyclic) bond motifs is 1. The molecule has 0 bridgehead atoms. The van der Waals surface area contributed by atoms with E-state index in [0.717, 1.165) is 30.1 Å². The van der Waals surface area contributed by atoms with E-state index in [1.165, 1.54) is 6.42 Å². The first kappa shape index (κ1) is 14.0. The summed E-state index contributed by atoms with van der Waals surface area (Å²) in [7, 11) is 0. The van der Waals surface area contributed by atoms with Crippen molar-refractivity contribution in [3.8, 4) is 0 Å². The highest BCUT2D eigenvalue weighted by Gasteiger charge is 2.27. The molecule has 5 nitrogen and oxygen atoms in total.